The van der Waals surface area contributed by atoms with Gasteiger partial charge in [-0.2, -0.15) is 0 Å². The van der Waals surface area contributed by atoms with Crippen molar-refractivity contribution >= 4 is 15.9 Å². The zero-order valence-corrected chi connectivity index (χ0v) is 7.99. The van der Waals surface area contributed by atoms with Gasteiger partial charge in [-0.3, -0.25) is 0 Å². The molecule has 14 heavy (non-hydrogen) atoms. The van der Waals surface area contributed by atoms with Crippen LogP contribution in [0.2, 0.25) is 0 Å². The van der Waals surface area contributed by atoms with Gasteiger partial charge in [-0.15, -0.1) is 13.2 Å². The third kappa shape index (κ3) is 2.76. The van der Waals surface area contributed by atoms with Gasteiger partial charge >= 0.3 is 6.36 Å². The van der Waals surface area contributed by atoms with E-state index < -0.39 is 23.7 Å². The number of rotatable bonds is 1. The highest BCUT2D eigenvalue weighted by Gasteiger charge is 2.33. The number of ether oxygens (including phenoxy) is 1. The molecule has 1 N–H and O–H groups in total. The Morgan fingerprint density at radius 3 is 2.29 bits per heavy atom. The van der Waals surface area contributed by atoms with Crippen LogP contribution in [0.25, 0.3) is 0 Å². The molecule has 0 spiro atoms. The summed E-state index contributed by atoms with van der Waals surface area (Å²) >= 11 is 2.63. The first kappa shape index (κ1) is 11.1. The number of phenolic OH excluding ortho intramolecular Hbond substituents is 1. The van der Waals surface area contributed by atoms with Gasteiger partial charge in [-0.05, 0) is 22.0 Å². The van der Waals surface area contributed by atoms with Crippen LogP contribution < -0.4 is 4.74 Å². The number of halogens is 5. The number of phenols is 1. The largest absolute Gasteiger partial charge is 0.573 e. The standard InChI is InChI=1S/C7H3BrF4O2/c8-4-1-3(13)2-5(9)6(4)14-7(10,11)12/h1-2,13H. The summed E-state index contributed by atoms with van der Waals surface area (Å²) < 4.78 is 51.1. The van der Waals surface area contributed by atoms with Crippen LogP contribution in [0.5, 0.6) is 11.5 Å². The Balaban J connectivity index is 3.09. The zero-order chi connectivity index (χ0) is 10.9. The van der Waals surface area contributed by atoms with E-state index in [1.165, 1.54) is 0 Å². The molecule has 2 nitrogen and oxygen atoms in total. The van der Waals surface area contributed by atoms with Crippen molar-refractivity contribution < 1.29 is 27.4 Å². The maximum Gasteiger partial charge on any atom is 0.573 e. The molecule has 0 saturated carbocycles. The van der Waals surface area contributed by atoms with Gasteiger partial charge in [-0.25, -0.2) is 4.39 Å². The van der Waals surface area contributed by atoms with E-state index in [0.717, 1.165) is 6.07 Å². The first-order valence-corrected chi connectivity index (χ1v) is 4.02. The van der Waals surface area contributed by atoms with E-state index in [4.69, 9.17) is 5.11 Å². The summed E-state index contributed by atoms with van der Waals surface area (Å²) in [5, 5.41) is 8.81. The minimum Gasteiger partial charge on any atom is -0.508 e. The molecular weight excluding hydrogens is 272 g/mol. The second-order valence-electron chi connectivity index (χ2n) is 2.29. The molecule has 1 rings (SSSR count). The number of hydrogen-bond acceptors (Lipinski definition) is 2. The third-order valence-electron chi connectivity index (χ3n) is 1.20. The first-order valence-electron chi connectivity index (χ1n) is 3.23. The number of alkyl halides is 3. The molecule has 0 aliphatic rings. The minimum atomic E-state index is -4.97. The van der Waals surface area contributed by atoms with Gasteiger partial charge in [0.25, 0.3) is 0 Å². The Morgan fingerprint density at radius 2 is 1.86 bits per heavy atom. The Bertz CT molecular complexity index is 327. The molecule has 0 radical (unpaired) electrons. The van der Waals surface area contributed by atoms with E-state index in [9.17, 15) is 17.6 Å². The van der Waals surface area contributed by atoms with Crippen molar-refractivity contribution in [2.24, 2.45) is 0 Å². The van der Waals surface area contributed by atoms with E-state index in [1.807, 2.05) is 0 Å². The van der Waals surface area contributed by atoms with Crippen LogP contribution in [0, 0.1) is 5.82 Å². The molecule has 0 aliphatic carbocycles. The number of aromatic hydroxyl groups is 1. The Hall–Kier alpha value is -0.980. The molecule has 0 saturated heterocycles. The highest BCUT2D eigenvalue weighted by atomic mass is 79.9. The topological polar surface area (TPSA) is 29.5 Å². The van der Waals surface area contributed by atoms with Gasteiger partial charge in [-0.1, -0.05) is 0 Å². The van der Waals surface area contributed by atoms with Crippen LogP contribution in [0.4, 0.5) is 17.6 Å². The van der Waals surface area contributed by atoms with E-state index in [-0.39, 0.29) is 4.47 Å². The number of benzene rings is 1. The summed E-state index contributed by atoms with van der Waals surface area (Å²) in [6, 6.07) is 1.41. The Kier molecular flexibility index (Phi) is 2.89. The summed E-state index contributed by atoms with van der Waals surface area (Å²) in [4.78, 5) is 0. The highest BCUT2D eigenvalue weighted by molar-refractivity contribution is 9.10. The average Bonchev–Trinajstić information content (AvgIpc) is 1.95. The van der Waals surface area contributed by atoms with Gasteiger partial charge in [0.1, 0.15) is 5.75 Å². The first-order chi connectivity index (χ1) is 6.29. The molecule has 0 aromatic heterocycles. The van der Waals surface area contributed by atoms with Gasteiger partial charge in [0, 0.05) is 6.07 Å². The van der Waals surface area contributed by atoms with Crippen molar-refractivity contribution in [3.63, 3.8) is 0 Å². The van der Waals surface area contributed by atoms with Crippen LogP contribution in [0.3, 0.4) is 0 Å². The van der Waals surface area contributed by atoms with E-state index in [1.54, 1.807) is 0 Å². The molecule has 0 aliphatic heterocycles. The predicted octanol–water partition coefficient (Wildman–Crippen LogP) is 3.19. The summed E-state index contributed by atoms with van der Waals surface area (Å²) in [5.74, 6) is -2.80. The van der Waals surface area contributed by atoms with Crippen LogP contribution in [-0.2, 0) is 0 Å². The quantitative estimate of drug-likeness (QED) is 0.797. The molecular formula is C7H3BrF4O2. The fraction of sp³-hybridized carbons (Fsp3) is 0.143. The fourth-order valence-electron chi connectivity index (χ4n) is 0.760. The van der Waals surface area contributed by atoms with Gasteiger partial charge < -0.3 is 9.84 Å². The lowest BCUT2D eigenvalue weighted by atomic mass is 10.3. The Morgan fingerprint density at radius 1 is 1.29 bits per heavy atom. The minimum absolute atomic E-state index is 0.313. The highest BCUT2D eigenvalue weighted by Crippen LogP contribution is 2.35. The van der Waals surface area contributed by atoms with Crippen molar-refractivity contribution in [1.82, 2.24) is 0 Å². The molecule has 1 aromatic rings. The Labute approximate surface area is 84.2 Å². The average molecular weight is 275 g/mol. The molecule has 0 amide bonds. The second kappa shape index (κ2) is 3.64. The van der Waals surface area contributed by atoms with Gasteiger partial charge in [0.15, 0.2) is 11.6 Å². The molecule has 0 bridgehead atoms. The summed E-state index contributed by atoms with van der Waals surface area (Å²) in [7, 11) is 0. The fourth-order valence-corrected chi connectivity index (χ4v) is 1.26. The van der Waals surface area contributed by atoms with Crippen molar-refractivity contribution in [1.29, 1.82) is 0 Å². The third-order valence-corrected chi connectivity index (χ3v) is 1.79. The molecule has 0 atom stereocenters. The van der Waals surface area contributed by atoms with Crippen LogP contribution in [0.1, 0.15) is 0 Å². The van der Waals surface area contributed by atoms with Crippen molar-refractivity contribution in [2.75, 3.05) is 0 Å². The molecule has 0 fully saturated rings. The second-order valence-corrected chi connectivity index (χ2v) is 3.14. The SMILES string of the molecule is Oc1cc(F)c(OC(F)(F)F)c(Br)c1. The van der Waals surface area contributed by atoms with Crippen molar-refractivity contribution in [3.8, 4) is 11.5 Å². The van der Waals surface area contributed by atoms with Crippen LogP contribution in [-0.4, -0.2) is 11.5 Å². The summed E-state index contributed by atoms with van der Waals surface area (Å²) in [6.07, 6.45) is -4.97. The maximum absolute atomic E-state index is 12.8. The molecule has 0 unspecified atom stereocenters. The van der Waals surface area contributed by atoms with Crippen molar-refractivity contribution in [3.05, 3.63) is 22.4 Å². The van der Waals surface area contributed by atoms with E-state index in [2.05, 4.69) is 20.7 Å². The molecule has 7 heteroatoms. The van der Waals surface area contributed by atoms with Crippen LogP contribution >= 0.6 is 15.9 Å². The normalized spacial score (nSPS) is 11.5. The molecule has 0 heterocycles. The maximum atomic E-state index is 12.8. The number of hydrogen-bond donors (Lipinski definition) is 1. The molecule has 1 aromatic carbocycles. The predicted molar refractivity (Wildman–Crippen MR) is 42.4 cm³/mol. The van der Waals surface area contributed by atoms with Gasteiger partial charge in [0.05, 0.1) is 4.47 Å². The lowest BCUT2D eigenvalue weighted by Crippen LogP contribution is -2.18. The lowest BCUT2D eigenvalue weighted by Gasteiger charge is -2.11. The summed E-state index contributed by atoms with van der Waals surface area (Å²) in [6.45, 7) is 0. The van der Waals surface area contributed by atoms with E-state index >= 15 is 0 Å². The summed E-state index contributed by atoms with van der Waals surface area (Å²) in [5.41, 5.74) is 0. The smallest absolute Gasteiger partial charge is 0.508 e. The monoisotopic (exact) mass is 274 g/mol. The van der Waals surface area contributed by atoms with Crippen molar-refractivity contribution in [2.45, 2.75) is 6.36 Å². The lowest BCUT2D eigenvalue weighted by molar-refractivity contribution is -0.275. The van der Waals surface area contributed by atoms with E-state index in [0.29, 0.717) is 6.07 Å². The van der Waals surface area contributed by atoms with Gasteiger partial charge in [0.2, 0.25) is 0 Å². The zero-order valence-electron chi connectivity index (χ0n) is 6.40. The van der Waals surface area contributed by atoms with Crippen LogP contribution in [0.15, 0.2) is 16.6 Å². The molecule has 78 valence electrons.